The van der Waals surface area contributed by atoms with E-state index < -0.39 is 0 Å². The minimum absolute atomic E-state index is 0.703. The normalized spacial score (nSPS) is 10.2. The Morgan fingerprint density at radius 3 is 2.68 bits per heavy atom. The molecule has 19 heavy (non-hydrogen) atoms. The smallest absolute Gasteiger partial charge is 0.0841 e. The molecule has 0 fully saturated rings. The Morgan fingerprint density at radius 1 is 1.00 bits per heavy atom. The van der Waals surface area contributed by atoms with Gasteiger partial charge < -0.3 is 4.57 Å². The molecular weight excluding hydrogens is 298 g/mol. The van der Waals surface area contributed by atoms with Gasteiger partial charge in [-0.25, -0.2) is 0 Å². The average Bonchev–Trinajstić information content (AvgIpc) is 2.83. The molecule has 0 saturated carbocycles. The third-order valence-corrected chi connectivity index (χ3v) is 3.49. The maximum atomic E-state index is 3.51. The van der Waals surface area contributed by atoms with Crippen molar-refractivity contribution in [1.29, 1.82) is 0 Å². The van der Waals surface area contributed by atoms with Crippen molar-refractivity contribution < 1.29 is 0 Å². The Balaban J connectivity index is 1.87. The van der Waals surface area contributed by atoms with Crippen molar-refractivity contribution in [1.82, 2.24) is 4.57 Å². The summed E-state index contributed by atoms with van der Waals surface area (Å²) in [6, 6.07) is 18.5. The summed E-state index contributed by atoms with van der Waals surface area (Å²) >= 11 is 3.51. The minimum atomic E-state index is 0.703. The van der Waals surface area contributed by atoms with Crippen molar-refractivity contribution >= 4 is 26.8 Å². The van der Waals surface area contributed by atoms with Crippen LogP contribution in [-0.2, 0) is 6.54 Å². The highest BCUT2D eigenvalue weighted by atomic mass is 79.9. The zero-order chi connectivity index (χ0) is 13.1. The van der Waals surface area contributed by atoms with E-state index in [1.54, 1.807) is 0 Å². The van der Waals surface area contributed by atoms with Crippen LogP contribution in [0.15, 0.2) is 65.3 Å². The molecule has 1 nitrogen and oxygen atoms in total. The number of hydrogen-bond donors (Lipinski definition) is 0. The molecule has 0 atom stereocenters. The molecule has 92 valence electrons. The number of benzene rings is 2. The molecule has 0 N–H and O–H groups in total. The Morgan fingerprint density at radius 2 is 1.84 bits per heavy atom. The predicted octanol–water partition coefficient (Wildman–Crippen LogP) is 4.46. The summed E-state index contributed by atoms with van der Waals surface area (Å²) in [5.41, 5.74) is 2.26. The molecule has 0 aliphatic rings. The summed E-state index contributed by atoms with van der Waals surface area (Å²) in [4.78, 5) is 0. The topological polar surface area (TPSA) is 4.93 Å². The third kappa shape index (κ3) is 2.72. The monoisotopic (exact) mass is 309 g/mol. The zero-order valence-corrected chi connectivity index (χ0v) is 11.9. The fourth-order valence-corrected chi connectivity index (χ4v) is 2.39. The van der Waals surface area contributed by atoms with Crippen LogP contribution in [0.5, 0.6) is 0 Å². The van der Waals surface area contributed by atoms with E-state index in [0.29, 0.717) is 6.54 Å². The molecule has 0 radical (unpaired) electrons. The maximum Gasteiger partial charge on any atom is 0.0841 e. The van der Waals surface area contributed by atoms with E-state index in [0.717, 1.165) is 10.0 Å². The molecule has 0 aliphatic heterocycles. The lowest BCUT2D eigenvalue weighted by Crippen LogP contribution is -1.92. The molecule has 1 aromatic heterocycles. The largest absolute Gasteiger partial charge is 0.336 e. The first-order valence-electron chi connectivity index (χ1n) is 6.11. The van der Waals surface area contributed by atoms with E-state index >= 15 is 0 Å². The van der Waals surface area contributed by atoms with Crippen LogP contribution in [0.25, 0.3) is 10.9 Å². The van der Waals surface area contributed by atoms with E-state index in [2.05, 4.69) is 62.8 Å². The Labute approximate surface area is 121 Å². The second kappa shape index (κ2) is 5.34. The molecule has 3 aromatic rings. The van der Waals surface area contributed by atoms with Gasteiger partial charge in [-0.1, -0.05) is 52.0 Å². The molecule has 0 saturated heterocycles. The molecule has 2 heteroatoms. The Hall–Kier alpha value is -1.98. The standard InChI is InChI=1S/C17H12BrN/c18-16-9-8-15-10-12-19(17(15)13-16)11-4-7-14-5-2-1-3-6-14/h1-3,5-6,8-10,12-13H,11H2. The first-order valence-corrected chi connectivity index (χ1v) is 6.90. The van der Waals surface area contributed by atoms with E-state index in [9.17, 15) is 0 Å². The first-order chi connectivity index (χ1) is 9.33. The number of rotatable bonds is 1. The van der Waals surface area contributed by atoms with E-state index in [1.807, 2.05) is 30.3 Å². The fraction of sp³-hybridized carbons (Fsp3) is 0.0588. The predicted molar refractivity (Wildman–Crippen MR) is 83.0 cm³/mol. The van der Waals surface area contributed by atoms with Gasteiger partial charge in [0, 0.05) is 21.7 Å². The lowest BCUT2D eigenvalue weighted by molar-refractivity contribution is 0.885. The molecule has 0 aliphatic carbocycles. The van der Waals surface area contributed by atoms with E-state index in [1.165, 1.54) is 10.9 Å². The summed E-state index contributed by atoms with van der Waals surface area (Å²) in [6.07, 6.45) is 2.08. The van der Waals surface area contributed by atoms with Gasteiger partial charge in [-0.05, 0) is 35.7 Å². The number of hydrogen-bond acceptors (Lipinski definition) is 0. The van der Waals surface area contributed by atoms with Gasteiger partial charge in [0.2, 0.25) is 0 Å². The van der Waals surface area contributed by atoms with Crippen LogP contribution in [0, 0.1) is 11.8 Å². The van der Waals surface area contributed by atoms with Crippen molar-refractivity contribution in [2.24, 2.45) is 0 Å². The molecule has 0 bridgehead atoms. The van der Waals surface area contributed by atoms with Crippen molar-refractivity contribution in [2.75, 3.05) is 0 Å². The molecule has 3 rings (SSSR count). The first kappa shape index (κ1) is 12.1. The molecule has 2 aromatic carbocycles. The highest BCUT2D eigenvalue weighted by Crippen LogP contribution is 2.20. The summed E-state index contributed by atoms with van der Waals surface area (Å²) in [5.74, 6) is 6.39. The molecule has 1 heterocycles. The lowest BCUT2D eigenvalue weighted by atomic mass is 10.2. The van der Waals surface area contributed by atoms with Crippen LogP contribution >= 0.6 is 15.9 Å². The number of nitrogens with zero attached hydrogens (tertiary/aromatic N) is 1. The highest BCUT2D eigenvalue weighted by Gasteiger charge is 1.99. The van der Waals surface area contributed by atoms with Crippen LogP contribution in [0.3, 0.4) is 0 Å². The second-order valence-electron chi connectivity index (χ2n) is 4.31. The van der Waals surface area contributed by atoms with Crippen LogP contribution in [0.2, 0.25) is 0 Å². The number of fused-ring (bicyclic) bond motifs is 1. The van der Waals surface area contributed by atoms with Gasteiger partial charge in [0.1, 0.15) is 0 Å². The van der Waals surface area contributed by atoms with Gasteiger partial charge in [0.25, 0.3) is 0 Å². The van der Waals surface area contributed by atoms with E-state index in [-0.39, 0.29) is 0 Å². The van der Waals surface area contributed by atoms with Gasteiger partial charge in [-0.3, -0.25) is 0 Å². The van der Waals surface area contributed by atoms with Gasteiger partial charge >= 0.3 is 0 Å². The van der Waals surface area contributed by atoms with Crippen molar-refractivity contribution in [3.8, 4) is 11.8 Å². The molecule has 0 spiro atoms. The van der Waals surface area contributed by atoms with Crippen molar-refractivity contribution in [3.05, 3.63) is 70.8 Å². The maximum absolute atomic E-state index is 3.51. The summed E-state index contributed by atoms with van der Waals surface area (Å²) < 4.78 is 3.26. The zero-order valence-electron chi connectivity index (χ0n) is 10.3. The lowest BCUT2D eigenvalue weighted by Gasteiger charge is -2.00. The summed E-state index contributed by atoms with van der Waals surface area (Å²) in [6.45, 7) is 0.703. The van der Waals surface area contributed by atoms with Gasteiger partial charge in [0.05, 0.1) is 6.54 Å². The van der Waals surface area contributed by atoms with Crippen LogP contribution in [0.1, 0.15) is 5.56 Å². The quantitative estimate of drug-likeness (QED) is 0.585. The SMILES string of the molecule is Brc1ccc2ccn(CC#Cc3ccccc3)c2c1. The van der Waals surface area contributed by atoms with E-state index in [4.69, 9.17) is 0 Å². The van der Waals surface area contributed by atoms with Crippen LogP contribution in [0.4, 0.5) is 0 Å². The Bertz CT molecular complexity index is 760. The summed E-state index contributed by atoms with van der Waals surface area (Å²) in [5, 5.41) is 1.24. The molecular formula is C17H12BrN. The second-order valence-corrected chi connectivity index (χ2v) is 5.23. The highest BCUT2D eigenvalue weighted by molar-refractivity contribution is 9.10. The molecule has 0 unspecified atom stereocenters. The van der Waals surface area contributed by atoms with Crippen LogP contribution in [-0.4, -0.2) is 4.57 Å². The fourth-order valence-electron chi connectivity index (χ4n) is 2.04. The number of halogens is 1. The Kier molecular flexibility index (Phi) is 3.39. The number of aromatic nitrogens is 1. The van der Waals surface area contributed by atoms with Gasteiger partial charge in [0.15, 0.2) is 0 Å². The molecule has 0 amide bonds. The average molecular weight is 310 g/mol. The van der Waals surface area contributed by atoms with Crippen molar-refractivity contribution in [2.45, 2.75) is 6.54 Å². The van der Waals surface area contributed by atoms with Crippen molar-refractivity contribution in [3.63, 3.8) is 0 Å². The van der Waals surface area contributed by atoms with Gasteiger partial charge in [-0.15, -0.1) is 0 Å². The summed E-state index contributed by atoms with van der Waals surface area (Å²) in [7, 11) is 0. The third-order valence-electron chi connectivity index (χ3n) is 2.99. The minimum Gasteiger partial charge on any atom is -0.336 e. The van der Waals surface area contributed by atoms with Crippen LogP contribution < -0.4 is 0 Å². The van der Waals surface area contributed by atoms with Gasteiger partial charge in [-0.2, -0.15) is 0 Å².